The molecule has 0 spiro atoms. The summed E-state index contributed by atoms with van der Waals surface area (Å²) >= 11 is 5.73. The second-order valence-corrected chi connectivity index (χ2v) is 12.5. The maximum Gasteiger partial charge on any atom is 0.202 e. The number of benzene rings is 2. The van der Waals surface area contributed by atoms with Crippen LogP contribution in [0, 0.1) is 11.6 Å². The molecule has 0 amide bonds. The lowest BCUT2D eigenvalue weighted by atomic mass is 10.2. The first-order valence-corrected chi connectivity index (χ1v) is 17.1. The number of hydrogen-bond acceptors (Lipinski definition) is 8. The fraction of sp³-hybridized carbons (Fsp3) is 0.222. The summed E-state index contributed by atoms with van der Waals surface area (Å²) < 4.78 is 31.4. The van der Waals surface area contributed by atoms with Crippen molar-refractivity contribution in [2.45, 2.75) is 44.7 Å². The summed E-state index contributed by atoms with van der Waals surface area (Å²) in [4.78, 5) is 17.9. The molecule has 256 valence electrons. The van der Waals surface area contributed by atoms with Crippen LogP contribution in [0.3, 0.4) is 0 Å². The maximum absolute atomic E-state index is 14.0. The average molecular weight is 705 g/mol. The largest absolute Gasteiger partial charge is 0.263 e. The molecular weight excluding hydrogens is 674 g/mol. The molecule has 1 fully saturated rings. The van der Waals surface area contributed by atoms with Crippen LogP contribution in [-0.4, -0.2) is 65.8 Å². The van der Waals surface area contributed by atoms with Crippen molar-refractivity contribution in [2.24, 2.45) is 0 Å². The number of alkyl halides is 1. The van der Waals surface area contributed by atoms with Crippen molar-refractivity contribution in [1.29, 1.82) is 0 Å². The van der Waals surface area contributed by atoms with E-state index in [0.717, 1.165) is 48.1 Å². The molecule has 0 unspecified atom stereocenters. The molecule has 1 aliphatic rings. The summed E-state index contributed by atoms with van der Waals surface area (Å²) in [6.45, 7) is 0.587. The van der Waals surface area contributed by atoms with Crippen molar-refractivity contribution in [1.82, 2.24) is 59.9 Å². The number of aromatic amines is 2. The monoisotopic (exact) mass is 704 g/mol. The van der Waals surface area contributed by atoms with E-state index in [1.807, 2.05) is 30.3 Å². The van der Waals surface area contributed by atoms with E-state index in [4.69, 9.17) is 11.6 Å². The first kappa shape index (κ1) is 32.3. The van der Waals surface area contributed by atoms with E-state index < -0.39 is 0 Å². The van der Waals surface area contributed by atoms with Crippen LogP contribution in [-0.2, 0) is 19.5 Å². The van der Waals surface area contributed by atoms with Crippen molar-refractivity contribution in [2.75, 3.05) is 5.88 Å². The molecular formula is C36H31ClF2N12. The molecule has 51 heavy (non-hydrogen) atoms. The topological polar surface area (TPSA) is 145 Å². The summed E-state index contributed by atoms with van der Waals surface area (Å²) in [7, 11) is 0. The third kappa shape index (κ3) is 6.82. The van der Waals surface area contributed by atoms with E-state index >= 15 is 0 Å². The van der Waals surface area contributed by atoms with Gasteiger partial charge in [0.25, 0.3) is 0 Å². The van der Waals surface area contributed by atoms with Crippen molar-refractivity contribution in [3.63, 3.8) is 0 Å². The minimum atomic E-state index is -0.269. The number of rotatable bonds is 10. The Bertz CT molecular complexity index is 2440. The van der Waals surface area contributed by atoms with Gasteiger partial charge < -0.3 is 0 Å². The Kier molecular flexibility index (Phi) is 8.97. The van der Waals surface area contributed by atoms with E-state index in [1.165, 1.54) is 12.1 Å². The van der Waals surface area contributed by atoms with Gasteiger partial charge in [0.15, 0.2) is 11.3 Å². The fourth-order valence-corrected chi connectivity index (χ4v) is 5.95. The number of nitrogens with one attached hydrogen (secondary N) is 2. The average Bonchev–Trinajstić information content (AvgIpc) is 3.47. The van der Waals surface area contributed by atoms with Crippen LogP contribution in [0.4, 0.5) is 8.78 Å². The summed E-state index contributed by atoms with van der Waals surface area (Å²) in [5, 5.41) is 25.4. The molecule has 9 rings (SSSR count). The molecule has 2 aromatic carbocycles. The van der Waals surface area contributed by atoms with Gasteiger partial charge in [-0.3, -0.25) is 10.2 Å². The molecule has 0 radical (unpaired) electrons. The van der Waals surface area contributed by atoms with E-state index in [9.17, 15) is 8.78 Å². The van der Waals surface area contributed by atoms with Gasteiger partial charge in [-0.25, -0.2) is 38.1 Å². The van der Waals surface area contributed by atoms with E-state index in [2.05, 4.69) is 50.5 Å². The number of nitrogens with zero attached hydrogens (tertiary/aromatic N) is 10. The summed E-state index contributed by atoms with van der Waals surface area (Å²) in [6.07, 6.45) is 7.24. The number of pyridine rings is 2. The molecule has 12 nitrogen and oxygen atoms in total. The van der Waals surface area contributed by atoms with Crippen LogP contribution in [0.5, 0.6) is 0 Å². The van der Waals surface area contributed by atoms with E-state index in [0.29, 0.717) is 63.8 Å². The van der Waals surface area contributed by atoms with E-state index in [1.54, 1.807) is 52.1 Å². The van der Waals surface area contributed by atoms with Crippen LogP contribution in [0.2, 0.25) is 0 Å². The first-order chi connectivity index (χ1) is 25.1. The number of fused-ring (bicyclic) bond motifs is 2. The maximum atomic E-state index is 14.0. The van der Waals surface area contributed by atoms with Gasteiger partial charge in [-0.05, 0) is 55.7 Å². The Morgan fingerprint density at radius 2 is 1.24 bits per heavy atom. The van der Waals surface area contributed by atoms with Crippen LogP contribution in [0.15, 0.2) is 85.2 Å². The highest BCUT2D eigenvalue weighted by Gasteiger charge is 2.28. The van der Waals surface area contributed by atoms with Crippen molar-refractivity contribution >= 4 is 33.7 Å². The number of hydrogen-bond donors (Lipinski definition) is 2. The summed E-state index contributed by atoms with van der Waals surface area (Å²) in [5.41, 5.74) is 3.77. The molecule has 1 saturated carbocycles. The third-order valence-corrected chi connectivity index (χ3v) is 8.81. The third-order valence-electron chi connectivity index (χ3n) is 8.54. The second kappa shape index (κ2) is 14.2. The van der Waals surface area contributed by atoms with Crippen LogP contribution in [0.25, 0.3) is 45.1 Å². The number of H-pyrrole nitrogens is 2. The lowest BCUT2D eigenvalue weighted by molar-refractivity contribution is 0.589. The summed E-state index contributed by atoms with van der Waals surface area (Å²) in [6, 6.07) is 20.9. The first-order valence-electron chi connectivity index (χ1n) is 16.6. The zero-order valence-electron chi connectivity index (χ0n) is 27.2. The Morgan fingerprint density at radius 3 is 1.78 bits per heavy atom. The van der Waals surface area contributed by atoms with Gasteiger partial charge in [0.2, 0.25) is 11.6 Å². The Morgan fingerprint density at radius 1 is 0.686 bits per heavy atom. The Hall–Kier alpha value is -5.89. The molecule has 2 N–H and O–H groups in total. The van der Waals surface area contributed by atoms with Gasteiger partial charge in [0.05, 0.1) is 23.9 Å². The van der Waals surface area contributed by atoms with Crippen molar-refractivity contribution in [3.05, 3.63) is 120 Å². The van der Waals surface area contributed by atoms with Crippen LogP contribution >= 0.6 is 11.6 Å². The number of aryl methyl sites for hydroxylation is 1. The summed E-state index contributed by atoms with van der Waals surface area (Å²) in [5.74, 6) is 3.28. The highest BCUT2D eigenvalue weighted by atomic mass is 35.5. The van der Waals surface area contributed by atoms with Crippen LogP contribution in [0.1, 0.15) is 48.0 Å². The molecule has 6 aromatic heterocycles. The lowest BCUT2D eigenvalue weighted by Crippen LogP contribution is -2.04. The Labute approximate surface area is 295 Å². The molecule has 6 heterocycles. The quantitative estimate of drug-likeness (QED) is 0.147. The lowest BCUT2D eigenvalue weighted by Gasteiger charge is -2.04. The standard InChI is InChI=1S/C18H16ClFN6.C18H15FN6/c19-9-3-8-15-22-17(24-23-15)16-13-6-4-10-21-18(13)26(25-16)11-12-5-1-2-7-14(12)20;19-14-6-2-1-4-12(14)10-25-18-13(5-3-9-20-18)15(24-25)17-21-16(22-23-17)11-7-8-11/h1-2,4-7,10H,3,8-9,11H2,(H,22,23,24);1-6,9,11H,7-8,10H2,(H,21,22,23). The molecule has 1 aliphatic carbocycles. The van der Waals surface area contributed by atoms with Gasteiger partial charge in [0.1, 0.15) is 34.7 Å². The zero-order valence-corrected chi connectivity index (χ0v) is 28.0. The molecule has 15 heteroatoms. The highest BCUT2D eigenvalue weighted by molar-refractivity contribution is 6.17. The second-order valence-electron chi connectivity index (χ2n) is 12.2. The smallest absolute Gasteiger partial charge is 0.202 e. The molecule has 0 bridgehead atoms. The van der Waals surface area contributed by atoms with Gasteiger partial charge in [-0.2, -0.15) is 20.4 Å². The van der Waals surface area contributed by atoms with Gasteiger partial charge in [-0.15, -0.1) is 11.6 Å². The minimum Gasteiger partial charge on any atom is -0.263 e. The number of halogens is 3. The zero-order chi connectivity index (χ0) is 34.7. The van der Waals surface area contributed by atoms with E-state index in [-0.39, 0.29) is 18.2 Å². The SMILES string of the molecule is Fc1ccccc1Cn1nc(-c2n[nH]c(C3CC3)n2)c2cccnc21.Fc1ccccc1Cn1nc(-c2n[nH]c(CCCCl)n2)c2cccnc21. The minimum absolute atomic E-state index is 0.252. The molecule has 0 saturated heterocycles. The normalized spacial score (nSPS) is 12.8. The predicted molar refractivity (Wildman–Crippen MR) is 188 cm³/mol. The molecule has 0 atom stereocenters. The molecule has 8 aromatic rings. The van der Waals surface area contributed by atoms with Crippen LogP contribution < -0.4 is 0 Å². The van der Waals surface area contributed by atoms with Crippen molar-refractivity contribution in [3.8, 4) is 23.0 Å². The predicted octanol–water partition coefficient (Wildman–Crippen LogP) is 6.86. The fourth-order valence-electron chi connectivity index (χ4n) is 5.81. The Balaban J connectivity index is 0.000000147. The van der Waals surface area contributed by atoms with Gasteiger partial charge >= 0.3 is 0 Å². The van der Waals surface area contributed by atoms with Crippen molar-refractivity contribution < 1.29 is 8.78 Å². The van der Waals surface area contributed by atoms with Gasteiger partial charge in [-0.1, -0.05) is 36.4 Å². The number of aromatic nitrogens is 12. The van der Waals surface area contributed by atoms with Gasteiger partial charge in [0, 0.05) is 41.7 Å². The molecule has 0 aliphatic heterocycles. The highest BCUT2D eigenvalue weighted by Crippen LogP contribution is 2.38.